The zero-order chi connectivity index (χ0) is 15.8. The Labute approximate surface area is 126 Å². The van der Waals surface area contributed by atoms with Crippen LogP contribution < -0.4 is 9.47 Å². The van der Waals surface area contributed by atoms with Crippen LogP contribution in [0.15, 0.2) is 18.2 Å². The topological polar surface area (TPSA) is 58.9 Å². The van der Waals surface area contributed by atoms with E-state index in [2.05, 4.69) is 14.0 Å². The lowest BCUT2D eigenvalue weighted by molar-refractivity contribution is -0.948. The first kappa shape index (κ1) is 16.1. The molecule has 2 rings (SSSR count). The highest BCUT2D eigenvalue weighted by molar-refractivity contribution is 5.44. The lowest BCUT2D eigenvalue weighted by Crippen LogP contribution is -2.50. The van der Waals surface area contributed by atoms with Crippen LogP contribution in [0, 0.1) is 0 Å². The molecule has 0 aliphatic carbocycles. The highest BCUT2D eigenvalue weighted by Gasteiger charge is 2.55. The van der Waals surface area contributed by atoms with Gasteiger partial charge in [-0.05, 0) is 32.0 Å². The van der Waals surface area contributed by atoms with Crippen LogP contribution in [0.2, 0.25) is 0 Å². The molecular weight excluding hydrogens is 270 g/mol. The fourth-order valence-electron chi connectivity index (χ4n) is 3.48. The van der Waals surface area contributed by atoms with E-state index >= 15 is 0 Å². The van der Waals surface area contributed by atoms with E-state index in [-0.39, 0.29) is 12.1 Å². The Kier molecular flexibility index (Phi) is 4.46. The smallest absolute Gasteiger partial charge is 0.161 e. The van der Waals surface area contributed by atoms with Crippen molar-refractivity contribution in [3.8, 4) is 11.5 Å². The summed E-state index contributed by atoms with van der Waals surface area (Å²) in [5.74, 6) is 1.30. The molecule has 1 aromatic rings. The minimum atomic E-state index is -0.789. The van der Waals surface area contributed by atoms with Gasteiger partial charge in [0.15, 0.2) is 11.5 Å². The van der Waals surface area contributed by atoms with Crippen LogP contribution in [-0.2, 0) is 0 Å². The zero-order valence-electron chi connectivity index (χ0n) is 13.4. The Morgan fingerprint density at radius 3 is 2.24 bits per heavy atom. The number of aliphatic hydroxyl groups is 2. The van der Waals surface area contributed by atoms with Gasteiger partial charge in [0.05, 0.1) is 27.8 Å². The molecule has 1 aromatic carbocycles. The number of likely N-dealkylation sites (N-methyl/N-ethyl adjacent to an activating group) is 1. The first-order valence-corrected chi connectivity index (χ1v) is 7.33. The predicted octanol–water partition coefficient (Wildman–Crippen LogP) is 1.34. The molecule has 21 heavy (non-hydrogen) atoms. The van der Waals surface area contributed by atoms with Gasteiger partial charge in [-0.1, -0.05) is 0 Å². The molecule has 5 heteroatoms. The standard InChI is InChI=1S/C16H26NO4/c1-6-17(3)10(2)15(18)16(19)14(17)11-7-8-12(20-4)13(9-11)21-5/h7-10,14-16,18-19H,6H2,1-5H3/q+1/t10-,14+,15-,16-,17+/m1/s1. The van der Waals surface area contributed by atoms with Crippen molar-refractivity contribution in [1.29, 1.82) is 0 Å². The van der Waals surface area contributed by atoms with Gasteiger partial charge in [0.1, 0.15) is 24.3 Å². The number of ether oxygens (including phenoxy) is 2. The third-order valence-electron chi connectivity index (χ3n) is 5.16. The molecular formula is C16H26NO4+. The molecule has 0 saturated carbocycles. The molecule has 0 amide bonds. The van der Waals surface area contributed by atoms with Gasteiger partial charge in [-0.25, -0.2) is 0 Å². The van der Waals surface area contributed by atoms with Crippen molar-refractivity contribution in [1.82, 2.24) is 0 Å². The zero-order valence-corrected chi connectivity index (χ0v) is 13.4. The van der Waals surface area contributed by atoms with Gasteiger partial charge in [-0.15, -0.1) is 0 Å². The Balaban J connectivity index is 2.48. The molecule has 1 heterocycles. The van der Waals surface area contributed by atoms with E-state index in [4.69, 9.17) is 9.47 Å². The summed E-state index contributed by atoms with van der Waals surface area (Å²) in [5, 5.41) is 20.8. The van der Waals surface area contributed by atoms with Gasteiger partial charge in [-0.2, -0.15) is 0 Å². The van der Waals surface area contributed by atoms with Crippen molar-refractivity contribution < 1.29 is 24.2 Å². The van der Waals surface area contributed by atoms with Gasteiger partial charge in [-0.3, -0.25) is 0 Å². The van der Waals surface area contributed by atoms with Crippen LogP contribution >= 0.6 is 0 Å². The lowest BCUT2D eigenvalue weighted by Gasteiger charge is -2.39. The second-order valence-electron chi connectivity index (χ2n) is 5.94. The summed E-state index contributed by atoms with van der Waals surface area (Å²) in [6.45, 7) is 4.89. The molecule has 5 atom stereocenters. The van der Waals surface area contributed by atoms with Crippen molar-refractivity contribution in [3.05, 3.63) is 23.8 Å². The number of likely N-dealkylation sites (tertiary alicyclic amines) is 1. The highest BCUT2D eigenvalue weighted by atomic mass is 16.5. The van der Waals surface area contributed by atoms with E-state index in [1.807, 2.05) is 25.1 Å². The van der Waals surface area contributed by atoms with Crippen molar-refractivity contribution in [3.63, 3.8) is 0 Å². The van der Waals surface area contributed by atoms with Crippen LogP contribution in [0.25, 0.3) is 0 Å². The summed E-state index contributed by atoms with van der Waals surface area (Å²) in [6, 6.07) is 5.47. The molecule has 1 fully saturated rings. The quantitative estimate of drug-likeness (QED) is 0.823. The van der Waals surface area contributed by atoms with Crippen LogP contribution in [0.1, 0.15) is 25.5 Å². The Hall–Kier alpha value is -1.30. The van der Waals surface area contributed by atoms with Gasteiger partial charge >= 0.3 is 0 Å². The summed E-state index contributed by atoms with van der Waals surface area (Å²) < 4.78 is 11.2. The molecule has 1 aliphatic heterocycles. The van der Waals surface area contributed by atoms with Gasteiger partial charge in [0.25, 0.3) is 0 Å². The molecule has 5 nitrogen and oxygen atoms in total. The summed E-state index contributed by atoms with van der Waals surface area (Å²) in [4.78, 5) is 0. The SMILES string of the molecule is CC[N@@+]1(C)[C@H](C)[C@@H](O)[C@H](O)[C@@H]1c1ccc(OC)c(OC)c1. The largest absolute Gasteiger partial charge is 0.493 e. The molecule has 0 aromatic heterocycles. The number of methoxy groups -OCH3 is 2. The number of nitrogens with zero attached hydrogens (tertiary/aromatic N) is 1. The van der Waals surface area contributed by atoms with E-state index in [1.54, 1.807) is 14.2 Å². The number of benzene rings is 1. The Morgan fingerprint density at radius 2 is 1.71 bits per heavy atom. The molecule has 0 radical (unpaired) electrons. The van der Waals surface area contributed by atoms with Gasteiger partial charge in [0, 0.05) is 5.56 Å². The van der Waals surface area contributed by atoms with E-state index in [1.165, 1.54) is 0 Å². The Bertz CT molecular complexity index is 507. The minimum Gasteiger partial charge on any atom is -0.493 e. The number of hydrogen-bond donors (Lipinski definition) is 2. The lowest BCUT2D eigenvalue weighted by atomic mass is 9.99. The maximum atomic E-state index is 10.5. The minimum absolute atomic E-state index is 0.0249. The maximum absolute atomic E-state index is 10.5. The summed E-state index contributed by atoms with van der Waals surface area (Å²) in [7, 11) is 5.27. The number of quaternary nitrogens is 1. The molecule has 0 unspecified atom stereocenters. The fourth-order valence-corrected chi connectivity index (χ4v) is 3.48. The second-order valence-corrected chi connectivity index (χ2v) is 5.94. The van der Waals surface area contributed by atoms with Gasteiger partial charge in [0.2, 0.25) is 0 Å². The van der Waals surface area contributed by atoms with Crippen molar-refractivity contribution >= 4 is 0 Å². The predicted molar refractivity (Wildman–Crippen MR) is 80.5 cm³/mol. The van der Waals surface area contributed by atoms with Gasteiger partial charge < -0.3 is 24.2 Å². The highest BCUT2D eigenvalue weighted by Crippen LogP contribution is 2.44. The average Bonchev–Trinajstić information content (AvgIpc) is 2.68. The van der Waals surface area contributed by atoms with Crippen LogP contribution in [0.5, 0.6) is 11.5 Å². The van der Waals surface area contributed by atoms with Crippen molar-refractivity contribution in [2.45, 2.75) is 38.1 Å². The first-order valence-electron chi connectivity index (χ1n) is 7.33. The molecule has 1 aliphatic rings. The number of rotatable bonds is 4. The third kappa shape index (κ3) is 2.39. The van der Waals surface area contributed by atoms with Crippen molar-refractivity contribution in [2.24, 2.45) is 0 Å². The van der Waals surface area contributed by atoms with Crippen molar-refractivity contribution in [2.75, 3.05) is 27.8 Å². The summed E-state index contributed by atoms with van der Waals surface area (Å²) in [5.41, 5.74) is 0.952. The maximum Gasteiger partial charge on any atom is 0.161 e. The fraction of sp³-hybridized carbons (Fsp3) is 0.625. The molecule has 2 N–H and O–H groups in total. The van der Waals surface area contributed by atoms with E-state index < -0.39 is 12.2 Å². The summed E-state index contributed by atoms with van der Waals surface area (Å²) >= 11 is 0. The normalized spacial score (nSPS) is 35.8. The average molecular weight is 296 g/mol. The van der Waals surface area contributed by atoms with E-state index in [9.17, 15) is 10.2 Å². The summed E-state index contributed by atoms with van der Waals surface area (Å²) in [6.07, 6.45) is -1.52. The molecule has 1 saturated heterocycles. The Morgan fingerprint density at radius 1 is 1.10 bits per heavy atom. The number of hydrogen-bond acceptors (Lipinski definition) is 4. The van der Waals surface area contributed by atoms with Crippen LogP contribution in [-0.4, -0.2) is 60.8 Å². The van der Waals surface area contributed by atoms with E-state index in [0.717, 1.165) is 12.1 Å². The molecule has 118 valence electrons. The van der Waals surface area contributed by atoms with Crippen LogP contribution in [0.4, 0.5) is 0 Å². The van der Waals surface area contributed by atoms with E-state index in [0.29, 0.717) is 16.0 Å². The van der Waals surface area contributed by atoms with Crippen LogP contribution in [0.3, 0.4) is 0 Å². The molecule has 0 spiro atoms. The molecule has 0 bridgehead atoms. The third-order valence-corrected chi connectivity index (χ3v) is 5.16. The second kappa shape index (κ2) is 5.83. The number of aliphatic hydroxyl groups excluding tert-OH is 2. The monoisotopic (exact) mass is 296 g/mol. The first-order chi connectivity index (χ1) is 9.90.